The lowest BCUT2D eigenvalue weighted by Crippen LogP contribution is -2.44. The minimum Gasteiger partial charge on any atom is -0.353 e. The predicted octanol–water partition coefficient (Wildman–Crippen LogP) is 0.785. The zero-order valence-electron chi connectivity index (χ0n) is 19.9. The summed E-state index contributed by atoms with van der Waals surface area (Å²) in [7, 11) is 2.05. The van der Waals surface area contributed by atoms with Crippen LogP contribution in [0.1, 0.15) is 29.9 Å². The van der Waals surface area contributed by atoms with E-state index in [0.29, 0.717) is 17.0 Å². The lowest BCUT2D eigenvalue weighted by atomic mass is 10.2. The molecule has 11 nitrogen and oxygen atoms in total. The summed E-state index contributed by atoms with van der Waals surface area (Å²) in [5.41, 5.74) is 0.521. The van der Waals surface area contributed by atoms with Gasteiger partial charge >= 0.3 is 0 Å². The number of carbonyl (C=O) groups excluding carboxylic acids is 2. The SMILES string of the molecule is CC(C)N1Cc2c(n(CC(=O)Nc3ccc(F)cn3)c3cc(N4CCN(C)CC4)nn3c2=O)C1=O. The van der Waals surface area contributed by atoms with Crippen molar-refractivity contribution in [3.05, 3.63) is 51.8 Å². The van der Waals surface area contributed by atoms with E-state index in [1.807, 2.05) is 13.8 Å². The molecule has 0 bridgehead atoms. The number of aromatic nitrogens is 4. The van der Waals surface area contributed by atoms with Crippen LogP contribution in [0, 0.1) is 5.82 Å². The van der Waals surface area contributed by atoms with E-state index >= 15 is 0 Å². The molecule has 0 saturated carbocycles. The number of nitrogens with one attached hydrogen (secondary N) is 1. The monoisotopic (exact) mass is 482 g/mol. The topological polar surface area (TPSA) is 108 Å². The first-order valence-corrected chi connectivity index (χ1v) is 11.5. The number of likely N-dealkylation sites (N-methyl/N-ethyl adjacent to an activating group) is 1. The molecule has 1 N–H and O–H groups in total. The summed E-state index contributed by atoms with van der Waals surface area (Å²) in [5, 5.41) is 7.20. The molecule has 0 aliphatic carbocycles. The molecule has 184 valence electrons. The number of hydrogen-bond donors (Lipinski definition) is 1. The number of halogens is 1. The van der Waals surface area contributed by atoms with Crippen molar-refractivity contribution in [3.8, 4) is 0 Å². The number of fused-ring (bicyclic) bond motifs is 2. The van der Waals surface area contributed by atoms with E-state index in [2.05, 4.69) is 32.2 Å². The maximum atomic E-state index is 13.4. The van der Waals surface area contributed by atoms with Crippen LogP contribution in [-0.4, -0.2) is 80.0 Å². The van der Waals surface area contributed by atoms with Crippen LogP contribution in [0.3, 0.4) is 0 Å². The molecule has 0 unspecified atom stereocenters. The van der Waals surface area contributed by atoms with Crippen LogP contribution in [0.2, 0.25) is 0 Å². The molecule has 0 atom stereocenters. The highest BCUT2D eigenvalue weighted by atomic mass is 19.1. The summed E-state index contributed by atoms with van der Waals surface area (Å²) in [6.07, 6.45) is 1.01. The average molecular weight is 483 g/mol. The summed E-state index contributed by atoms with van der Waals surface area (Å²) >= 11 is 0. The van der Waals surface area contributed by atoms with Crippen molar-refractivity contribution in [3.63, 3.8) is 0 Å². The molecular formula is C23H27FN8O3. The number of carbonyl (C=O) groups is 2. The average Bonchev–Trinajstić information content (AvgIpc) is 3.41. The molecule has 0 spiro atoms. The number of hydrogen-bond acceptors (Lipinski definition) is 7. The van der Waals surface area contributed by atoms with E-state index in [1.54, 1.807) is 15.5 Å². The smallest absolute Gasteiger partial charge is 0.280 e. The maximum Gasteiger partial charge on any atom is 0.280 e. The van der Waals surface area contributed by atoms with Gasteiger partial charge in [-0.15, -0.1) is 5.10 Å². The van der Waals surface area contributed by atoms with Crippen LogP contribution in [0.4, 0.5) is 16.0 Å². The zero-order valence-corrected chi connectivity index (χ0v) is 19.9. The Morgan fingerprint density at radius 2 is 1.91 bits per heavy atom. The molecule has 1 saturated heterocycles. The molecular weight excluding hydrogens is 455 g/mol. The number of piperazine rings is 1. The standard InChI is InChI=1S/C23H27FN8O3/c1-14(2)30-12-16-21(23(30)35)31(13-19(33)26-17-5-4-15(24)11-25-17)20-10-18(27-32(20)22(16)34)29-8-6-28(3)7-9-29/h4-5,10-11,14H,6-9,12-13H2,1-3H3,(H,25,26,33). The highest BCUT2D eigenvalue weighted by Crippen LogP contribution is 2.26. The lowest BCUT2D eigenvalue weighted by Gasteiger charge is -2.32. The fraction of sp³-hybridized carbons (Fsp3) is 0.435. The van der Waals surface area contributed by atoms with Gasteiger partial charge in [-0.05, 0) is 33.0 Å². The molecule has 2 aliphatic heterocycles. The third kappa shape index (κ3) is 4.14. The van der Waals surface area contributed by atoms with Gasteiger partial charge in [0.1, 0.15) is 29.5 Å². The van der Waals surface area contributed by atoms with Crippen LogP contribution in [0.25, 0.3) is 5.65 Å². The van der Waals surface area contributed by atoms with E-state index in [4.69, 9.17) is 0 Å². The second-order valence-electron chi connectivity index (χ2n) is 9.22. The number of amides is 2. The van der Waals surface area contributed by atoms with Crippen molar-refractivity contribution >= 4 is 29.1 Å². The third-order valence-electron chi connectivity index (χ3n) is 6.50. The van der Waals surface area contributed by atoms with E-state index in [-0.39, 0.29) is 42.1 Å². The first-order chi connectivity index (χ1) is 16.7. The Labute approximate surface area is 200 Å². The maximum absolute atomic E-state index is 13.4. The van der Waals surface area contributed by atoms with Gasteiger partial charge in [-0.2, -0.15) is 4.52 Å². The normalized spacial score (nSPS) is 16.4. The van der Waals surface area contributed by atoms with Crippen molar-refractivity contribution in [2.45, 2.75) is 33.0 Å². The van der Waals surface area contributed by atoms with Gasteiger partial charge in [0, 0.05) is 38.3 Å². The summed E-state index contributed by atoms with van der Waals surface area (Å²) in [5.74, 6) is -0.467. The first-order valence-electron chi connectivity index (χ1n) is 11.5. The van der Waals surface area contributed by atoms with Crippen LogP contribution in [0.15, 0.2) is 29.2 Å². The Bertz CT molecular complexity index is 1360. The quantitative estimate of drug-likeness (QED) is 0.573. The molecule has 35 heavy (non-hydrogen) atoms. The van der Waals surface area contributed by atoms with Crippen LogP contribution in [-0.2, 0) is 17.9 Å². The van der Waals surface area contributed by atoms with E-state index in [0.717, 1.165) is 32.4 Å². The van der Waals surface area contributed by atoms with Crippen LogP contribution in [0.5, 0.6) is 0 Å². The fourth-order valence-corrected chi connectivity index (χ4v) is 4.52. The van der Waals surface area contributed by atoms with Crippen molar-refractivity contribution in [1.82, 2.24) is 29.0 Å². The van der Waals surface area contributed by atoms with Crippen LogP contribution < -0.4 is 15.8 Å². The van der Waals surface area contributed by atoms with Crippen molar-refractivity contribution in [1.29, 1.82) is 0 Å². The Hall–Kier alpha value is -3.80. The Morgan fingerprint density at radius 3 is 2.57 bits per heavy atom. The predicted molar refractivity (Wildman–Crippen MR) is 127 cm³/mol. The molecule has 0 radical (unpaired) electrons. The molecule has 3 aromatic heterocycles. The second-order valence-corrected chi connectivity index (χ2v) is 9.22. The van der Waals surface area contributed by atoms with E-state index in [9.17, 15) is 18.8 Å². The summed E-state index contributed by atoms with van der Waals surface area (Å²) in [6, 6.07) is 4.19. The molecule has 0 aromatic carbocycles. The van der Waals surface area contributed by atoms with Gasteiger partial charge in [-0.25, -0.2) is 9.37 Å². The van der Waals surface area contributed by atoms with Gasteiger partial charge in [0.2, 0.25) is 5.91 Å². The minimum absolute atomic E-state index is 0.117. The molecule has 1 fully saturated rings. The lowest BCUT2D eigenvalue weighted by molar-refractivity contribution is -0.116. The molecule has 12 heteroatoms. The Kier molecular flexibility index (Phi) is 5.75. The van der Waals surface area contributed by atoms with Crippen LogP contribution >= 0.6 is 0 Å². The molecule has 2 aliphatic rings. The number of nitrogens with zero attached hydrogens (tertiary/aromatic N) is 7. The third-order valence-corrected chi connectivity index (χ3v) is 6.50. The highest BCUT2D eigenvalue weighted by molar-refractivity contribution is 5.98. The van der Waals surface area contributed by atoms with E-state index < -0.39 is 11.7 Å². The largest absolute Gasteiger partial charge is 0.353 e. The second kappa shape index (κ2) is 8.77. The van der Waals surface area contributed by atoms with Gasteiger partial charge in [-0.3, -0.25) is 14.4 Å². The Morgan fingerprint density at radius 1 is 1.17 bits per heavy atom. The fourth-order valence-electron chi connectivity index (χ4n) is 4.52. The molecule has 5 heterocycles. The van der Waals surface area contributed by atoms with Gasteiger partial charge in [0.25, 0.3) is 11.5 Å². The first kappa shape index (κ1) is 23.0. The van der Waals surface area contributed by atoms with Gasteiger partial charge < -0.3 is 24.6 Å². The number of pyridine rings is 1. The molecule has 5 rings (SSSR count). The van der Waals surface area contributed by atoms with E-state index in [1.165, 1.54) is 16.6 Å². The molecule has 3 aromatic rings. The van der Waals surface area contributed by atoms with Crippen molar-refractivity contribution < 1.29 is 14.0 Å². The highest BCUT2D eigenvalue weighted by Gasteiger charge is 2.36. The summed E-state index contributed by atoms with van der Waals surface area (Å²) in [6.45, 7) is 6.91. The Balaban J connectivity index is 1.57. The summed E-state index contributed by atoms with van der Waals surface area (Å²) < 4.78 is 16.0. The van der Waals surface area contributed by atoms with Gasteiger partial charge in [0.05, 0.1) is 18.3 Å². The molecule has 2 amide bonds. The van der Waals surface area contributed by atoms with Gasteiger partial charge in [0.15, 0.2) is 5.82 Å². The number of rotatable bonds is 5. The van der Waals surface area contributed by atoms with Crippen molar-refractivity contribution in [2.24, 2.45) is 0 Å². The zero-order chi connectivity index (χ0) is 24.9. The minimum atomic E-state index is -0.516. The van der Waals surface area contributed by atoms with Crippen molar-refractivity contribution in [2.75, 3.05) is 43.4 Å². The van der Waals surface area contributed by atoms with Gasteiger partial charge in [-0.1, -0.05) is 0 Å². The number of anilines is 2. The summed E-state index contributed by atoms with van der Waals surface area (Å²) in [4.78, 5) is 49.4.